The first kappa shape index (κ1) is 17.7. The quantitative estimate of drug-likeness (QED) is 0.642. The monoisotopic (exact) mass is 380 g/mol. The first-order chi connectivity index (χ1) is 13.0. The van der Waals surface area contributed by atoms with Crippen LogP contribution < -0.4 is 0 Å². The molecule has 0 N–H and O–H groups in total. The molecule has 138 valence electrons. The molecule has 6 nitrogen and oxygen atoms in total. The molecule has 0 amide bonds. The van der Waals surface area contributed by atoms with Gasteiger partial charge in [-0.15, -0.1) is 10.2 Å². The Morgan fingerprint density at radius 1 is 1.19 bits per heavy atom. The standard InChI is InChI=1S/C20H20N4O2S/c1-12-7-8-16(13(2)10-12)24-18(15-6-4-5-9-21-15)22-23-20(24)27-17-11-14(3)26-19(17)25/h4-10,14,17H,11H2,1-3H3/t14-,17-/m1/s1. The van der Waals surface area contributed by atoms with Gasteiger partial charge < -0.3 is 4.74 Å². The van der Waals surface area contributed by atoms with Gasteiger partial charge in [-0.25, -0.2) is 0 Å². The van der Waals surface area contributed by atoms with Crippen molar-refractivity contribution in [2.45, 2.75) is 43.7 Å². The van der Waals surface area contributed by atoms with E-state index in [1.54, 1.807) is 6.20 Å². The summed E-state index contributed by atoms with van der Waals surface area (Å²) in [5.74, 6) is 0.464. The first-order valence-electron chi connectivity index (χ1n) is 8.84. The van der Waals surface area contributed by atoms with Gasteiger partial charge in [0.25, 0.3) is 0 Å². The molecular weight excluding hydrogens is 360 g/mol. The lowest BCUT2D eigenvalue weighted by Gasteiger charge is -2.14. The third kappa shape index (κ3) is 3.47. The summed E-state index contributed by atoms with van der Waals surface area (Å²) in [5, 5.41) is 9.17. The molecule has 0 saturated carbocycles. The Labute approximate surface area is 162 Å². The van der Waals surface area contributed by atoms with Gasteiger partial charge in [-0.2, -0.15) is 0 Å². The van der Waals surface area contributed by atoms with Crippen LogP contribution in [0.5, 0.6) is 0 Å². The van der Waals surface area contributed by atoms with Gasteiger partial charge in [-0.3, -0.25) is 14.3 Å². The smallest absolute Gasteiger partial charge is 0.319 e. The van der Waals surface area contributed by atoms with Crippen LogP contribution >= 0.6 is 11.8 Å². The van der Waals surface area contributed by atoms with E-state index < -0.39 is 0 Å². The van der Waals surface area contributed by atoms with Gasteiger partial charge in [-0.05, 0) is 44.5 Å². The molecule has 4 rings (SSSR count). The second-order valence-corrected chi connectivity index (χ2v) is 7.91. The van der Waals surface area contributed by atoms with E-state index in [4.69, 9.17) is 4.74 Å². The van der Waals surface area contributed by atoms with Crippen LogP contribution in [0.4, 0.5) is 0 Å². The Morgan fingerprint density at radius 2 is 2.04 bits per heavy atom. The molecule has 0 spiro atoms. The first-order valence-corrected chi connectivity index (χ1v) is 9.72. The molecule has 0 bridgehead atoms. The molecule has 1 fully saturated rings. The fourth-order valence-corrected chi connectivity index (χ4v) is 4.38. The van der Waals surface area contributed by atoms with Gasteiger partial charge in [0.05, 0.1) is 5.69 Å². The van der Waals surface area contributed by atoms with E-state index in [1.165, 1.54) is 17.3 Å². The molecule has 3 heterocycles. The van der Waals surface area contributed by atoms with Gasteiger partial charge in [0, 0.05) is 12.6 Å². The number of rotatable bonds is 4. The highest BCUT2D eigenvalue weighted by Gasteiger charge is 2.34. The number of esters is 1. The second kappa shape index (κ2) is 7.15. The maximum atomic E-state index is 12.1. The third-order valence-electron chi connectivity index (χ3n) is 4.49. The summed E-state index contributed by atoms with van der Waals surface area (Å²) in [6, 6.07) is 11.9. The van der Waals surface area contributed by atoms with Gasteiger partial charge >= 0.3 is 5.97 Å². The predicted octanol–water partition coefficient (Wildman–Crippen LogP) is 3.74. The minimum absolute atomic E-state index is 0.0669. The van der Waals surface area contributed by atoms with Gasteiger partial charge in [0.15, 0.2) is 11.0 Å². The van der Waals surface area contributed by atoms with Crippen LogP contribution in [-0.2, 0) is 9.53 Å². The molecular formula is C20H20N4O2S. The molecule has 0 radical (unpaired) electrons. The van der Waals surface area contributed by atoms with Gasteiger partial charge in [0.2, 0.25) is 0 Å². The van der Waals surface area contributed by atoms with Crippen molar-refractivity contribution in [3.8, 4) is 17.2 Å². The largest absolute Gasteiger partial charge is 0.462 e. The van der Waals surface area contributed by atoms with E-state index in [0.717, 1.165) is 16.9 Å². The highest BCUT2D eigenvalue weighted by atomic mass is 32.2. The van der Waals surface area contributed by atoms with Crippen LogP contribution in [0, 0.1) is 13.8 Å². The van der Waals surface area contributed by atoms with E-state index in [9.17, 15) is 4.79 Å². The fraction of sp³-hybridized carbons (Fsp3) is 0.300. The zero-order valence-electron chi connectivity index (χ0n) is 15.4. The van der Waals surface area contributed by atoms with E-state index in [2.05, 4.69) is 47.2 Å². The number of carbonyl (C=O) groups excluding carboxylic acids is 1. The number of nitrogens with zero attached hydrogens (tertiary/aromatic N) is 4. The summed E-state index contributed by atoms with van der Waals surface area (Å²) in [6.45, 7) is 6.03. The third-order valence-corrected chi connectivity index (χ3v) is 5.64. The molecule has 2 aromatic heterocycles. The van der Waals surface area contributed by atoms with Crippen molar-refractivity contribution in [1.82, 2.24) is 19.7 Å². The van der Waals surface area contributed by atoms with Crippen molar-refractivity contribution in [3.05, 3.63) is 53.7 Å². The zero-order chi connectivity index (χ0) is 19.0. The van der Waals surface area contributed by atoms with Crippen molar-refractivity contribution >= 4 is 17.7 Å². The van der Waals surface area contributed by atoms with Crippen LogP contribution in [-0.4, -0.2) is 37.1 Å². The van der Waals surface area contributed by atoms with Crippen molar-refractivity contribution < 1.29 is 9.53 Å². The summed E-state index contributed by atoms with van der Waals surface area (Å²) in [4.78, 5) is 16.5. The Balaban J connectivity index is 1.82. The number of hydrogen-bond donors (Lipinski definition) is 0. The highest BCUT2D eigenvalue weighted by Crippen LogP contribution is 2.35. The van der Waals surface area contributed by atoms with E-state index in [1.807, 2.05) is 29.7 Å². The summed E-state index contributed by atoms with van der Waals surface area (Å²) in [5.41, 5.74) is 4.01. The van der Waals surface area contributed by atoms with E-state index >= 15 is 0 Å². The number of cyclic esters (lactones) is 1. The predicted molar refractivity (Wildman–Crippen MR) is 104 cm³/mol. The number of pyridine rings is 1. The number of hydrogen-bond acceptors (Lipinski definition) is 6. The van der Waals surface area contributed by atoms with Crippen LogP contribution in [0.2, 0.25) is 0 Å². The SMILES string of the molecule is Cc1ccc(-n2c(S[C@@H]3C[C@@H](C)OC3=O)nnc2-c2ccccn2)c(C)c1. The van der Waals surface area contributed by atoms with E-state index in [0.29, 0.717) is 17.4 Å². The molecule has 27 heavy (non-hydrogen) atoms. The fourth-order valence-electron chi connectivity index (χ4n) is 3.22. The number of aryl methyl sites for hydroxylation is 2. The van der Waals surface area contributed by atoms with Gasteiger partial charge in [-0.1, -0.05) is 35.5 Å². The summed E-state index contributed by atoms with van der Waals surface area (Å²) < 4.78 is 7.28. The number of benzene rings is 1. The van der Waals surface area contributed by atoms with Crippen molar-refractivity contribution in [2.75, 3.05) is 0 Å². The number of ether oxygens (including phenoxy) is 1. The van der Waals surface area contributed by atoms with E-state index in [-0.39, 0.29) is 17.3 Å². The normalized spacial score (nSPS) is 19.3. The average Bonchev–Trinajstić information content (AvgIpc) is 3.19. The molecule has 1 aromatic carbocycles. The zero-order valence-corrected chi connectivity index (χ0v) is 16.2. The van der Waals surface area contributed by atoms with Crippen molar-refractivity contribution in [3.63, 3.8) is 0 Å². The second-order valence-electron chi connectivity index (χ2n) is 6.74. The molecule has 1 saturated heterocycles. The molecule has 1 aliphatic heterocycles. The molecule has 0 unspecified atom stereocenters. The molecule has 1 aliphatic rings. The maximum absolute atomic E-state index is 12.1. The Bertz CT molecular complexity index is 987. The van der Waals surface area contributed by atoms with Crippen molar-refractivity contribution in [2.24, 2.45) is 0 Å². The molecule has 7 heteroatoms. The number of carbonyl (C=O) groups is 1. The van der Waals surface area contributed by atoms with Crippen molar-refractivity contribution in [1.29, 1.82) is 0 Å². The average molecular weight is 380 g/mol. The van der Waals surface area contributed by atoms with Gasteiger partial charge in [0.1, 0.15) is 17.0 Å². The van der Waals surface area contributed by atoms with Crippen LogP contribution in [0.1, 0.15) is 24.5 Å². The number of aromatic nitrogens is 4. The lowest BCUT2D eigenvalue weighted by molar-refractivity contribution is -0.140. The molecule has 2 atom stereocenters. The Hall–Kier alpha value is -2.67. The minimum atomic E-state index is -0.273. The Kier molecular flexibility index (Phi) is 4.70. The lowest BCUT2D eigenvalue weighted by Crippen LogP contribution is -2.11. The molecule has 3 aromatic rings. The summed E-state index contributed by atoms with van der Waals surface area (Å²) in [6.07, 6.45) is 2.34. The maximum Gasteiger partial charge on any atom is 0.319 e. The van der Waals surface area contributed by atoms with Crippen LogP contribution in [0.15, 0.2) is 47.8 Å². The molecule has 0 aliphatic carbocycles. The summed E-state index contributed by atoms with van der Waals surface area (Å²) >= 11 is 1.40. The lowest BCUT2D eigenvalue weighted by atomic mass is 10.1. The highest BCUT2D eigenvalue weighted by molar-refractivity contribution is 8.00. The van der Waals surface area contributed by atoms with Crippen LogP contribution in [0.25, 0.3) is 17.2 Å². The van der Waals surface area contributed by atoms with Crippen LogP contribution in [0.3, 0.4) is 0 Å². The topological polar surface area (TPSA) is 69.9 Å². The number of thioether (sulfide) groups is 1. The Morgan fingerprint density at radius 3 is 2.70 bits per heavy atom. The summed E-state index contributed by atoms with van der Waals surface area (Å²) in [7, 11) is 0. The minimum Gasteiger partial charge on any atom is -0.462 e.